The number of aliphatic hydroxyl groups is 1. The van der Waals surface area contributed by atoms with E-state index in [0.29, 0.717) is 22.4 Å². The van der Waals surface area contributed by atoms with Gasteiger partial charge in [-0.25, -0.2) is 0 Å². The van der Waals surface area contributed by atoms with Crippen LogP contribution in [0.3, 0.4) is 0 Å². The Balaban J connectivity index is 2.00. The molecule has 2 rings (SSSR count). The fraction of sp³-hybridized carbons (Fsp3) is 0.625. The van der Waals surface area contributed by atoms with Gasteiger partial charge in [-0.05, 0) is 36.3 Å². The van der Waals surface area contributed by atoms with E-state index in [0.717, 1.165) is 24.3 Å². The molecule has 1 fully saturated rings. The largest absolute Gasteiger partial charge is 0.392 e. The van der Waals surface area contributed by atoms with E-state index in [4.69, 9.17) is 23.2 Å². The van der Waals surface area contributed by atoms with E-state index in [1.807, 2.05) is 12.1 Å². The maximum Gasteiger partial charge on any atom is 0.0625 e. The van der Waals surface area contributed by atoms with Gasteiger partial charge in [-0.15, -0.1) is 0 Å². The molecular formula is C16H22Cl2O. The average Bonchev–Trinajstić information content (AvgIpc) is 2.44. The van der Waals surface area contributed by atoms with Crippen LogP contribution in [0.2, 0.25) is 10.0 Å². The Labute approximate surface area is 125 Å². The summed E-state index contributed by atoms with van der Waals surface area (Å²) in [5.41, 5.74) is 0.959. The van der Waals surface area contributed by atoms with E-state index in [1.54, 1.807) is 6.07 Å². The van der Waals surface area contributed by atoms with E-state index in [9.17, 15) is 5.11 Å². The molecule has 0 aromatic heterocycles. The summed E-state index contributed by atoms with van der Waals surface area (Å²) in [6.07, 6.45) is 6.37. The molecule has 0 radical (unpaired) electrons. The Bertz CT molecular complexity index is 419. The Morgan fingerprint density at radius 3 is 2.84 bits per heavy atom. The van der Waals surface area contributed by atoms with Crippen molar-refractivity contribution in [2.75, 3.05) is 0 Å². The van der Waals surface area contributed by atoms with Crippen LogP contribution in [-0.4, -0.2) is 11.2 Å². The van der Waals surface area contributed by atoms with Crippen LogP contribution in [0.4, 0.5) is 0 Å². The summed E-state index contributed by atoms with van der Waals surface area (Å²) in [6.45, 7) is 2.24. The van der Waals surface area contributed by atoms with E-state index in [-0.39, 0.29) is 6.10 Å². The van der Waals surface area contributed by atoms with Gasteiger partial charge in [0.1, 0.15) is 0 Å². The van der Waals surface area contributed by atoms with Crippen LogP contribution in [0.5, 0.6) is 0 Å². The molecule has 0 aliphatic heterocycles. The topological polar surface area (TPSA) is 20.2 Å². The molecule has 1 nitrogen and oxygen atoms in total. The number of benzene rings is 1. The van der Waals surface area contributed by atoms with Crippen molar-refractivity contribution < 1.29 is 5.11 Å². The number of aliphatic hydroxyl groups excluding tert-OH is 1. The minimum absolute atomic E-state index is 0.301. The first-order valence-electron chi connectivity index (χ1n) is 7.22. The fourth-order valence-electron chi connectivity index (χ4n) is 3.15. The zero-order valence-corrected chi connectivity index (χ0v) is 12.9. The summed E-state index contributed by atoms with van der Waals surface area (Å²) >= 11 is 12.2. The number of hydrogen-bond acceptors (Lipinski definition) is 1. The molecule has 3 unspecified atom stereocenters. The van der Waals surface area contributed by atoms with Crippen molar-refractivity contribution in [3.8, 4) is 0 Å². The van der Waals surface area contributed by atoms with Crippen molar-refractivity contribution in [3.05, 3.63) is 33.8 Å². The fourth-order valence-corrected chi connectivity index (χ4v) is 3.55. The van der Waals surface area contributed by atoms with E-state index >= 15 is 0 Å². The van der Waals surface area contributed by atoms with E-state index in [2.05, 4.69) is 6.92 Å². The van der Waals surface area contributed by atoms with E-state index in [1.165, 1.54) is 19.3 Å². The maximum atomic E-state index is 10.5. The third-order valence-electron chi connectivity index (χ3n) is 4.41. The van der Waals surface area contributed by atoms with Gasteiger partial charge in [0.15, 0.2) is 0 Å². The molecule has 1 aliphatic carbocycles. The first-order chi connectivity index (χ1) is 9.11. The highest BCUT2D eigenvalue weighted by molar-refractivity contribution is 6.42. The number of hydrogen-bond donors (Lipinski definition) is 1. The summed E-state index contributed by atoms with van der Waals surface area (Å²) in [6, 6.07) is 5.64. The van der Waals surface area contributed by atoms with Gasteiger partial charge in [0, 0.05) is 6.42 Å². The maximum absolute atomic E-state index is 10.5. The monoisotopic (exact) mass is 300 g/mol. The second kappa shape index (κ2) is 6.97. The first kappa shape index (κ1) is 15.2. The predicted molar refractivity (Wildman–Crippen MR) is 81.9 cm³/mol. The molecule has 0 spiro atoms. The van der Waals surface area contributed by atoms with Crippen LogP contribution >= 0.6 is 23.2 Å². The van der Waals surface area contributed by atoms with Gasteiger partial charge in [-0.1, -0.05) is 61.5 Å². The highest BCUT2D eigenvalue weighted by Gasteiger charge is 2.27. The minimum Gasteiger partial charge on any atom is -0.392 e. The summed E-state index contributed by atoms with van der Waals surface area (Å²) in [5.74, 6) is 1.19. The van der Waals surface area contributed by atoms with Crippen LogP contribution in [0.1, 0.15) is 44.6 Å². The lowest BCUT2D eigenvalue weighted by atomic mass is 9.76. The molecule has 106 valence electrons. The summed E-state index contributed by atoms with van der Waals surface area (Å²) in [4.78, 5) is 0. The van der Waals surface area contributed by atoms with Gasteiger partial charge in [-0.3, -0.25) is 0 Å². The average molecular weight is 301 g/mol. The minimum atomic E-state index is -0.301. The molecule has 1 N–H and O–H groups in total. The molecule has 1 aromatic rings. The van der Waals surface area contributed by atoms with Crippen molar-refractivity contribution in [2.24, 2.45) is 11.8 Å². The molecule has 0 heterocycles. The molecule has 1 saturated carbocycles. The number of halogens is 2. The normalized spacial score (nSPS) is 25.3. The van der Waals surface area contributed by atoms with Crippen molar-refractivity contribution in [2.45, 2.75) is 51.6 Å². The lowest BCUT2D eigenvalue weighted by Crippen LogP contribution is -2.28. The molecule has 19 heavy (non-hydrogen) atoms. The Kier molecular flexibility index (Phi) is 5.56. The standard InChI is InChI=1S/C16H22Cl2O/c1-2-11-5-3-6-12(9-11)15(19)10-13-7-4-8-14(17)16(13)18/h4,7-8,11-12,15,19H,2-3,5-6,9-10H2,1H3. The van der Waals surface area contributed by atoms with Crippen LogP contribution < -0.4 is 0 Å². The number of rotatable bonds is 4. The second-order valence-electron chi connectivity index (χ2n) is 5.69. The van der Waals surface area contributed by atoms with Crippen molar-refractivity contribution in [3.63, 3.8) is 0 Å². The molecule has 0 amide bonds. The summed E-state index contributed by atoms with van der Waals surface area (Å²) in [7, 11) is 0. The van der Waals surface area contributed by atoms with Crippen LogP contribution in [-0.2, 0) is 6.42 Å². The highest BCUT2D eigenvalue weighted by atomic mass is 35.5. The van der Waals surface area contributed by atoms with E-state index < -0.39 is 0 Å². The van der Waals surface area contributed by atoms with Crippen molar-refractivity contribution in [1.29, 1.82) is 0 Å². The third-order valence-corrected chi connectivity index (χ3v) is 5.26. The summed E-state index contributed by atoms with van der Waals surface area (Å²) < 4.78 is 0. The molecular weight excluding hydrogens is 279 g/mol. The van der Waals surface area contributed by atoms with Crippen molar-refractivity contribution >= 4 is 23.2 Å². The van der Waals surface area contributed by atoms with Crippen molar-refractivity contribution in [1.82, 2.24) is 0 Å². The molecule has 1 aliphatic rings. The van der Waals surface area contributed by atoms with Gasteiger partial charge in [-0.2, -0.15) is 0 Å². The van der Waals surface area contributed by atoms with Gasteiger partial charge in [0.2, 0.25) is 0 Å². The third kappa shape index (κ3) is 3.87. The quantitative estimate of drug-likeness (QED) is 0.819. The van der Waals surface area contributed by atoms with Crippen LogP contribution in [0, 0.1) is 11.8 Å². The molecule has 1 aromatic carbocycles. The SMILES string of the molecule is CCC1CCCC(C(O)Cc2cccc(Cl)c2Cl)C1. The van der Waals surface area contributed by atoms with Crippen LogP contribution in [0.25, 0.3) is 0 Å². The molecule has 0 bridgehead atoms. The van der Waals surface area contributed by atoms with Crippen LogP contribution in [0.15, 0.2) is 18.2 Å². The Morgan fingerprint density at radius 1 is 1.32 bits per heavy atom. The van der Waals surface area contributed by atoms with Gasteiger partial charge >= 0.3 is 0 Å². The molecule has 3 atom stereocenters. The van der Waals surface area contributed by atoms with Gasteiger partial charge in [0.25, 0.3) is 0 Å². The Hall–Kier alpha value is -0.240. The highest BCUT2D eigenvalue weighted by Crippen LogP contribution is 2.35. The zero-order valence-electron chi connectivity index (χ0n) is 11.4. The lowest BCUT2D eigenvalue weighted by molar-refractivity contribution is 0.0685. The molecule has 3 heteroatoms. The second-order valence-corrected chi connectivity index (χ2v) is 6.47. The smallest absolute Gasteiger partial charge is 0.0625 e. The predicted octanol–water partition coefficient (Wildman–Crippen LogP) is 5.11. The molecule has 0 saturated heterocycles. The Morgan fingerprint density at radius 2 is 2.11 bits per heavy atom. The first-order valence-corrected chi connectivity index (χ1v) is 7.98. The lowest BCUT2D eigenvalue weighted by Gasteiger charge is -2.32. The zero-order chi connectivity index (χ0) is 13.8. The van der Waals surface area contributed by atoms with Gasteiger partial charge < -0.3 is 5.11 Å². The van der Waals surface area contributed by atoms with Gasteiger partial charge in [0.05, 0.1) is 16.1 Å². The summed E-state index contributed by atoms with van der Waals surface area (Å²) in [5, 5.41) is 11.6.